The molecule has 0 amide bonds. The molecule has 4 fully saturated rings. The Hall–Kier alpha value is -4.14. The first-order valence-electron chi connectivity index (χ1n) is 15.6. The highest BCUT2D eigenvalue weighted by molar-refractivity contribution is 6.02. The van der Waals surface area contributed by atoms with E-state index in [1.54, 1.807) is 0 Å². The molecule has 11 heteroatoms. The zero-order chi connectivity index (χ0) is 30.9. The molecule has 0 spiro atoms. The van der Waals surface area contributed by atoms with Crippen molar-refractivity contribution in [2.45, 2.75) is 50.4 Å². The van der Waals surface area contributed by atoms with Crippen LogP contribution in [0.5, 0.6) is 11.8 Å². The van der Waals surface area contributed by atoms with Gasteiger partial charge in [0.1, 0.15) is 35.1 Å². The number of alkyl halides is 1. The lowest BCUT2D eigenvalue weighted by molar-refractivity contribution is 0.165. The Balaban J connectivity index is 1.22. The van der Waals surface area contributed by atoms with Gasteiger partial charge >= 0.3 is 6.01 Å². The van der Waals surface area contributed by atoms with E-state index in [9.17, 15) is 13.9 Å². The zero-order valence-corrected chi connectivity index (χ0v) is 24.7. The summed E-state index contributed by atoms with van der Waals surface area (Å²) >= 11 is 0. The van der Waals surface area contributed by atoms with Gasteiger partial charge in [0.25, 0.3) is 0 Å². The highest BCUT2D eigenvalue weighted by Crippen LogP contribution is 2.47. The number of phenols is 1. The number of halogens is 3. The van der Waals surface area contributed by atoms with Gasteiger partial charge < -0.3 is 20.1 Å². The first-order chi connectivity index (χ1) is 21.8. The van der Waals surface area contributed by atoms with E-state index in [2.05, 4.69) is 31.0 Å². The molecule has 8 nitrogen and oxygen atoms in total. The highest BCUT2D eigenvalue weighted by Gasteiger charge is 2.46. The SMILES string of the molecule is C#Cc1c(F)ccc2cc(O)cc(-c3nc4nc(OCC5(CN6CC[C@@H](F)C6)CC5)nc(N5CC6CCC(C5)N6)c4cc3F)c12. The fraction of sp³-hybridized carbons (Fsp3) is 0.441. The molecule has 5 heterocycles. The molecule has 2 bridgehead atoms. The number of benzene rings is 2. The summed E-state index contributed by atoms with van der Waals surface area (Å²) in [5, 5.41) is 15.3. The maximum Gasteiger partial charge on any atom is 0.320 e. The first-order valence-corrected chi connectivity index (χ1v) is 15.6. The van der Waals surface area contributed by atoms with Crippen LogP contribution in [0.25, 0.3) is 33.1 Å². The van der Waals surface area contributed by atoms with Crippen LogP contribution in [-0.4, -0.2) is 82.5 Å². The number of fused-ring (bicyclic) bond motifs is 4. The molecule has 3 aliphatic heterocycles. The van der Waals surface area contributed by atoms with Crippen LogP contribution in [0, 0.1) is 29.4 Å². The third kappa shape index (κ3) is 5.20. The number of rotatable bonds is 7. The number of hydrogen-bond donors (Lipinski definition) is 2. The molecule has 1 saturated carbocycles. The molecule has 8 rings (SSSR count). The van der Waals surface area contributed by atoms with E-state index in [0.29, 0.717) is 61.3 Å². The molecule has 232 valence electrons. The summed E-state index contributed by atoms with van der Waals surface area (Å²) in [6.07, 6.45) is 9.54. The van der Waals surface area contributed by atoms with Crippen molar-refractivity contribution in [3.63, 3.8) is 0 Å². The van der Waals surface area contributed by atoms with Crippen molar-refractivity contribution in [2.24, 2.45) is 5.41 Å². The largest absolute Gasteiger partial charge is 0.508 e. The second-order valence-electron chi connectivity index (χ2n) is 13.1. The summed E-state index contributed by atoms with van der Waals surface area (Å²) in [4.78, 5) is 18.4. The fourth-order valence-electron chi connectivity index (χ4n) is 7.36. The van der Waals surface area contributed by atoms with E-state index in [1.165, 1.54) is 30.3 Å². The number of aromatic nitrogens is 3. The van der Waals surface area contributed by atoms with Gasteiger partial charge in [0, 0.05) is 61.2 Å². The summed E-state index contributed by atoms with van der Waals surface area (Å²) in [5.74, 6) is 1.49. The van der Waals surface area contributed by atoms with Gasteiger partial charge in [0.05, 0.1) is 17.6 Å². The number of phenolic OH excluding ortho intramolecular Hbond substituents is 1. The maximum absolute atomic E-state index is 16.1. The number of likely N-dealkylation sites (tertiary alicyclic amines) is 1. The Kier molecular flexibility index (Phi) is 6.76. The smallest absolute Gasteiger partial charge is 0.320 e. The normalized spacial score (nSPS) is 24.0. The zero-order valence-electron chi connectivity index (χ0n) is 24.7. The molecular weight excluding hydrogens is 581 g/mol. The standard InChI is InChI=1S/C34H33F3N6O2/c1-2-24-27(36)6-3-19-11-23(44)12-25(29(19)24)30-28(37)13-26-31(39-30)40-33(41-32(26)43-15-21-4-5-22(16-43)38-21)45-18-34(8-9-34)17-42-10-7-20(35)14-42/h1,3,6,11-13,20-22,38,44H,4-5,7-10,14-18H2/t20-,21?,22?/m1/s1. The summed E-state index contributed by atoms with van der Waals surface area (Å²) in [7, 11) is 0. The molecule has 2 unspecified atom stereocenters. The van der Waals surface area contributed by atoms with Gasteiger partial charge in [-0.2, -0.15) is 9.97 Å². The average Bonchev–Trinajstić information content (AvgIpc) is 3.54. The predicted molar refractivity (Wildman–Crippen MR) is 165 cm³/mol. The maximum atomic E-state index is 16.1. The van der Waals surface area contributed by atoms with E-state index in [-0.39, 0.29) is 45.0 Å². The van der Waals surface area contributed by atoms with Crippen LogP contribution in [0.4, 0.5) is 19.0 Å². The van der Waals surface area contributed by atoms with E-state index in [0.717, 1.165) is 38.8 Å². The minimum atomic E-state index is -0.778. The first kappa shape index (κ1) is 28.3. The van der Waals surface area contributed by atoms with Gasteiger partial charge in [-0.25, -0.2) is 18.2 Å². The van der Waals surface area contributed by atoms with E-state index >= 15 is 4.39 Å². The molecule has 1 aliphatic carbocycles. The lowest BCUT2D eigenvalue weighted by Gasteiger charge is -2.34. The molecule has 2 N–H and O–H groups in total. The van der Waals surface area contributed by atoms with Crippen LogP contribution < -0.4 is 15.0 Å². The number of hydrogen-bond acceptors (Lipinski definition) is 8. The van der Waals surface area contributed by atoms with E-state index in [1.807, 2.05) is 0 Å². The molecule has 3 atom stereocenters. The second kappa shape index (κ2) is 10.7. The third-order valence-corrected chi connectivity index (χ3v) is 9.81. The Morgan fingerprint density at radius 1 is 1.02 bits per heavy atom. The molecule has 45 heavy (non-hydrogen) atoms. The quantitative estimate of drug-likeness (QED) is 0.283. The molecule has 2 aromatic heterocycles. The van der Waals surface area contributed by atoms with Crippen molar-refractivity contribution in [3.05, 3.63) is 47.5 Å². The summed E-state index contributed by atoms with van der Waals surface area (Å²) in [5.41, 5.74) is 0.147. The summed E-state index contributed by atoms with van der Waals surface area (Å²) in [6, 6.07) is 7.61. The number of ether oxygens (including phenoxy) is 1. The van der Waals surface area contributed by atoms with Crippen molar-refractivity contribution in [3.8, 4) is 35.4 Å². The number of terminal acetylenes is 1. The molecule has 2 aromatic carbocycles. The fourth-order valence-corrected chi connectivity index (χ4v) is 7.36. The lowest BCUT2D eigenvalue weighted by atomic mass is 9.96. The Labute approximate surface area is 258 Å². The van der Waals surface area contributed by atoms with Gasteiger partial charge in [0.15, 0.2) is 5.65 Å². The lowest BCUT2D eigenvalue weighted by Crippen LogP contribution is -2.51. The monoisotopic (exact) mass is 614 g/mol. The van der Waals surface area contributed by atoms with Crippen LogP contribution >= 0.6 is 0 Å². The number of piperazine rings is 1. The van der Waals surface area contributed by atoms with Crippen LogP contribution in [0.15, 0.2) is 30.3 Å². The topological polar surface area (TPSA) is 86.6 Å². The Morgan fingerprint density at radius 3 is 2.53 bits per heavy atom. The van der Waals surface area contributed by atoms with Crippen LogP contribution in [0.1, 0.15) is 37.7 Å². The second-order valence-corrected chi connectivity index (χ2v) is 13.1. The van der Waals surface area contributed by atoms with Crippen LogP contribution in [-0.2, 0) is 0 Å². The van der Waals surface area contributed by atoms with Gasteiger partial charge in [-0.05, 0) is 61.8 Å². The number of nitrogens with one attached hydrogen (secondary N) is 1. The molecule has 0 radical (unpaired) electrons. The summed E-state index contributed by atoms with van der Waals surface area (Å²) in [6.45, 7) is 3.76. The van der Waals surface area contributed by atoms with Gasteiger partial charge in [-0.1, -0.05) is 12.0 Å². The van der Waals surface area contributed by atoms with Crippen molar-refractivity contribution < 1.29 is 23.0 Å². The number of nitrogens with zero attached hydrogens (tertiary/aromatic N) is 5. The molecular formula is C34H33F3N6O2. The third-order valence-electron chi connectivity index (χ3n) is 9.81. The van der Waals surface area contributed by atoms with Crippen molar-refractivity contribution in [2.75, 3.05) is 44.2 Å². The Morgan fingerprint density at radius 2 is 1.82 bits per heavy atom. The molecule has 4 aromatic rings. The van der Waals surface area contributed by atoms with Crippen molar-refractivity contribution in [1.29, 1.82) is 0 Å². The molecule has 4 aliphatic rings. The number of aromatic hydroxyl groups is 1. The minimum absolute atomic E-state index is 0.0423. The summed E-state index contributed by atoms with van der Waals surface area (Å²) < 4.78 is 51.0. The van der Waals surface area contributed by atoms with Crippen LogP contribution in [0.3, 0.4) is 0 Å². The number of anilines is 1. The van der Waals surface area contributed by atoms with E-state index in [4.69, 9.17) is 16.1 Å². The number of pyridine rings is 1. The van der Waals surface area contributed by atoms with Gasteiger partial charge in [-0.15, -0.1) is 6.42 Å². The van der Waals surface area contributed by atoms with Gasteiger partial charge in [0.2, 0.25) is 0 Å². The molecule has 3 saturated heterocycles. The van der Waals surface area contributed by atoms with Crippen molar-refractivity contribution >= 4 is 27.6 Å². The van der Waals surface area contributed by atoms with Crippen molar-refractivity contribution in [1.82, 2.24) is 25.2 Å². The predicted octanol–water partition coefficient (Wildman–Crippen LogP) is 4.95. The highest BCUT2D eigenvalue weighted by atomic mass is 19.1. The minimum Gasteiger partial charge on any atom is -0.508 e. The van der Waals surface area contributed by atoms with Gasteiger partial charge in [-0.3, -0.25) is 4.90 Å². The van der Waals surface area contributed by atoms with E-state index < -0.39 is 17.8 Å². The van der Waals surface area contributed by atoms with Crippen LogP contribution in [0.2, 0.25) is 0 Å². The Bertz CT molecular complexity index is 1860. The average molecular weight is 615 g/mol.